The molecule has 2 fully saturated rings. The number of anilines is 1. The molecular weight excluding hydrogens is 360 g/mol. The zero-order chi connectivity index (χ0) is 18.4. The van der Waals surface area contributed by atoms with Crippen molar-refractivity contribution >= 4 is 38.4 Å². The monoisotopic (exact) mass is 382 g/mol. The first-order chi connectivity index (χ1) is 11.6. The molecule has 0 unspecified atom stereocenters. The summed E-state index contributed by atoms with van der Waals surface area (Å²) >= 11 is 1.38. The van der Waals surface area contributed by atoms with Crippen molar-refractivity contribution in [2.24, 2.45) is 10.4 Å². The van der Waals surface area contributed by atoms with E-state index in [1.807, 2.05) is 49.9 Å². The minimum absolute atomic E-state index is 0.0740. The van der Waals surface area contributed by atoms with E-state index in [0.29, 0.717) is 10.9 Å². The Balaban J connectivity index is 2.03. The Bertz CT molecular complexity index is 827. The lowest BCUT2D eigenvalue weighted by atomic mass is 9.96. The Kier molecular flexibility index (Phi) is 4.61. The Hall–Kier alpha value is -1.54. The van der Waals surface area contributed by atoms with E-state index in [1.165, 1.54) is 11.8 Å². The molecule has 0 aliphatic carbocycles. The van der Waals surface area contributed by atoms with Crippen molar-refractivity contribution in [1.82, 2.24) is 0 Å². The van der Waals surface area contributed by atoms with Gasteiger partial charge in [0, 0.05) is 22.4 Å². The molecule has 2 aliphatic rings. The maximum absolute atomic E-state index is 12.4. The molecule has 0 saturated carbocycles. The number of carbonyl (C=O) groups is 1. The molecule has 2 heterocycles. The highest BCUT2D eigenvalue weighted by atomic mass is 32.2. The summed E-state index contributed by atoms with van der Waals surface area (Å²) in [5, 5.41) is 0.459. The van der Waals surface area contributed by atoms with Crippen LogP contribution in [-0.2, 0) is 14.6 Å². The standard InChI is InChI=1S/C17H22N2O4S2/c1-17(2,3)15(20)18-16-19(11-6-5-7-12(8-11)23-4)13-9-25(21,22)10-14(13)24-16/h5-8,13-14H,9-10H2,1-4H3/t13-,14-/m1/s1. The quantitative estimate of drug-likeness (QED) is 0.781. The van der Waals surface area contributed by atoms with Gasteiger partial charge in [-0.25, -0.2) is 8.42 Å². The number of sulfone groups is 1. The van der Waals surface area contributed by atoms with Crippen LogP contribution in [0, 0.1) is 5.41 Å². The number of thioether (sulfide) groups is 1. The van der Waals surface area contributed by atoms with E-state index in [9.17, 15) is 13.2 Å². The third kappa shape index (κ3) is 3.69. The van der Waals surface area contributed by atoms with Gasteiger partial charge in [-0.3, -0.25) is 4.79 Å². The Labute approximate surface area is 152 Å². The first-order valence-corrected chi connectivity index (χ1v) is 10.7. The molecule has 8 heteroatoms. The Morgan fingerprint density at radius 2 is 2.04 bits per heavy atom. The van der Waals surface area contributed by atoms with Gasteiger partial charge in [-0.1, -0.05) is 38.6 Å². The summed E-state index contributed by atoms with van der Waals surface area (Å²) in [6.45, 7) is 5.46. The number of amides is 1. The number of rotatable bonds is 2. The molecule has 3 rings (SSSR count). The minimum atomic E-state index is -3.08. The molecule has 0 N–H and O–H groups in total. The van der Waals surface area contributed by atoms with Crippen LogP contribution in [0.5, 0.6) is 5.75 Å². The summed E-state index contributed by atoms with van der Waals surface area (Å²) in [4.78, 5) is 18.6. The van der Waals surface area contributed by atoms with Crippen molar-refractivity contribution < 1.29 is 17.9 Å². The van der Waals surface area contributed by atoms with Gasteiger partial charge >= 0.3 is 0 Å². The number of carbonyl (C=O) groups excluding carboxylic acids is 1. The molecule has 6 nitrogen and oxygen atoms in total. The first kappa shape index (κ1) is 18.3. The van der Waals surface area contributed by atoms with Crippen LogP contribution in [0.3, 0.4) is 0 Å². The summed E-state index contributed by atoms with van der Waals surface area (Å²) in [5.74, 6) is 0.648. The van der Waals surface area contributed by atoms with E-state index in [-0.39, 0.29) is 28.7 Å². The van der Waals surface area contributed by atoms with Crippen LogP contribution in [-0.4, -0.2) is 49.4 Å². The predicted octanol–water partition coefficient (Wildman–Crippen LogP) is 2.34. The summed E-state index contributed by atoms with van der Waals surface area (Å²) in [6, 6.07) is 7.18. The number of hydrogen-bond donors (Lipinski definition) is 0. The summed E-state index contributed by atoms with van der Waals surface area (Å²) < 4.78 is 29.4. The molecule has 2 saturated heterocycles. The molecule has 0 radical (unpaired) electrons. The lowest BCUT2D eigenvalue weighted by molar-refractivity contribution is -0.124. The van der Waals surface area contributed by atoms with Gasteiger partial charge in [0.2, 0.25) is 0 Å². The van der Waals surface area contributed by atoms with Crippen LogP contribution in [0.2, 0.25) is 0 Å². The first-order valence-electron chi connectivity index (χ1n) is 8.04. The predicted molar refractivity (Wildman–Crippen MR) is 101 cm³/mol. The van der Waals surface area contributed by atoms with E-state index in [0.717, 1.165) is 5.69 Å². The van der Waals surface area contributed by atoms with Crippen LogP contribution < -0.4 is 9.64 Å². The number of methoxy groups -OCH3 is 1. The van der Waals surface area contributed by atoms with Gasteiger partial charge in [0.25, 0.3) is 5.91 Å². The van der Waals surface area contributed by atoms with E-state index in [2.05, 4.69) is 4.99 Å². The van der Waals surface area contributed by atoms with Crippen LogP contribution in [0.25, 0.3) is 0 Å². The number of ether oxygens (including phenoxy) is 1. The smallest absolute Gasteiger partial charge is 0.253 e. The molecule has 2 aliphatic heterocycles. The fourth-order valence-corrected chi connectivity index (χ4v) is 6.79. The van der Waals surface area contributed by atoms with Crippen LogP contribution in [0.4, 0.5) is 5.69 Å². The van der Waals surface area contributed by atoms with E-state index < -0.39 is 15.3 Å². The SMILES string of the molecule is COc1cccc(N2C(=NC(=O)C(C)(C)C)S[C@@H]3CS(=O)(=O)C[C@H]32)c1. The number of aliphatic imine (C=N–C) groups is 1. The Morgan fingerprint density at radius 3 is 2.68 bits per heavy atom. The maximum Gasteiger partial charge on any atom is 0.253 e. The average Bonchev–Trinajstić information content (AvgIpc) is 2.97. The van der Waals surface area contributed by atoms with E-state index in [1.54, 1.807) is 7.11 Å². The fraction of sp³-hybridized carbons (Fsp3) is 0.529. The van der Waals surface area contributed by atoms with Gasteiger partial charge < -0.3 is 9.64 Å². The third-order valence-corrected chi connectivity index (χ3v) is 7.45. The van der Waals surface area contributed by atoms with Gasteiger partial charge in [0.1, 0.15) is 5.75 Å². The van der Waals surface area contributed by atoms with Crippen LogP contribution >= 0.6 is 11.8 Å². The normalized spacial score (nSPS) is 26.7. The van der Waals surface area contributed by atoms with E-state index >= 15 is 0 Å². The van der Waals surface area contributed by atoms with Gasteiger partial charge in [-0.05, 0) is 12.1 Å². The van der Waals surface area contributed by atoms with E-state index in [4.69, 9.17) is 4.74 Å². The number of nitrogens with zero attached hydrogens (tertiary/aromatic N) is 2. The number of fused-ring (bicyclic) bond motifs is 1. The third-order valence-electron chi connectivity index (χ3n) is 4.24. The second-order valence-electron chi connectivity index (χ2n) is 7.32. The largest absolute Gasteiger partial charge is 0.497 e. The molecule has 0 aromatic heterocycles. The van der Waals surface area contributed by atoms with Crippen LogP contribution in [0.1, 0.15) is 20.8 Å². The molecule has 0 spiro atoms. The van der Waals surface area contributed by atoms with Gasteiger partial charge in [0.05, 0.1) is 24.7 Å². The van der Waals surface area contributed by atoms with Gasteiger partial charge in [0.15, 0.2) is 15.0 Å². The molecule has 1 aromatic carbocycles. The van der Waals surface area contributed by atoms with Crippen molar-refractivity contribution in [1.29, 1.82) is 0 Å². The molecule has 0 bridgehead atoms. The van der Waals surface area contributed by atoms with Gasteiger partial charge in [-0.2, -0.15) is 4.99 Å². The minimum Gasteiger partial charge on any atom is -0.497 e. The summed E-state index contributed by atoms with van der Waals surface area (Å²) in [6.07, 6.45) is 0. The second kappa shape index (κ2) is 6.32. The highest BCUT2D eigenvalue weighted by molar-refractivity contribution is 8.16. The molecular formula is C17H22N2O4S2. The van der Waals surface area contributed by atoms with Crippen LogP contribution in [0.15, 0.2) is 29.3 Å². The lowest BCUT2D eigenvalue weighted by Crippen LogP contribution is -2.38. The highest BCUT2D eigenvalue weighted by Crippen LogP contribution is 2.41. The molecule has 1 aromatic rings. The van der Waals surface area contributed by atoms with Crippen molar-refractivity contribution in [3.8, 4) is 5.75 Å². The summed E-state index contributed by atoms with van der Waals surface area (Å²) in [5.41, 5.74) is 0.203. The van der Waals surface area contributed by atoms with Crippen molar-refractivity contribution in [3.05, 3.63) is 24.3 Å². The molecule has 136 valence electrons. The zero-order valence-electron chi connectivity index (χ0n) is 14.7. The second-order valence-corrected chi connectivity index (χ2v) is 10.7. The van der Waals surface area contributed by atoms with Crippen molar-refractivity contribution in [3.63, 3.8) is 0 Å². The number of benzene rings is 1. The fourth-order valence-electron chi connectivity index (χ4n) is 2.88. The molecule has 25 heavy (non-hydrogen) atoms. The van der Waals surface area contributed by atoms with Crippen molar-refractivity contribution in [2.75, 3.05) is 23.5 Å². The Morgan fingerprint density at radius 1 is 1.32 bits per heavy atom. The van der Waals surface area contributed by atoms with Gasteiger partial charge in [-0.15, -0.1) is 0 Å². The summed E-state index contributed by atoms with van der Waals surface area (Å²) in [7, 11) is -1.49. The van der Waals surface area contributed by atoms with Crippen molar-refractivity contribution in [2.45, 2.75) is 32.1 Å². The lowest BCUT2D eigenvalue weighted by Gasteiger charge is -2.25. The topological polar surface area (TPSA) is 76.0 Å². The highest BCUT2D eigenvalue weighted by Gasteiger charge is 2.49. The number of hydrogen-bond acceptors (Lipinski definition) is 5. The maximum atomic E-state index is 12.4. The molecule has 1 amide bonds. The average molecular weight is 383 g/mol. The number of amidine groups is 1. The molecule has 2 atom stereocenters. The zero-order valence-corrected chi connectivity index (χ0v) is 16.4.